The fourth-order valence-electron chi connectivity index (χ4n) is 1.82. The Hall–Kier alpha value is -1.65. The van der Waals surface area contributed by atoms with Crippen LogP contribution in [0.15, 0.2) is 36.4 Å². The second-order valence-corrected chi connectivity index (χ2v) is 4.90. The van der Waals surface area contributed by atoms with E-state index in [1.165, 1.54) is 30.3 Å². The summed E-state index contributed by atoms with van der Waals surface area (Å²) < 4.78 is 32.0. The van der Waals surface area contributed by atoms with Gasteiger partial charge in [0, 0.05) is 28.3 Å². The molecule has 2 N–H and O–H groups in total. The average Bonchev–Trinajstić information content (AvgIpc) is 2.39. The maximum absolute atomic E-state index is 13.3. The topological polar surface area (TPSA) is 35.2 Å². The molecule has 20 heavy (non-hydrogen) atoms. The van der Waals surface area contributed by atoms with Crippen molar-refractivity contribution < 1.29 is 13.5 Å². The van der Waals surface area contributed by atoms with Gasteiger partial charge in [0.25, 0.3) is 0 Å². The Bertz CT molecular complexity index is 617. The second-order valence-electron chi connectivity index (χ2n) is 4.50. The van der Waals surface area contributed by atoms with Gasteiger partial charge in [-0.2, -0.15) is 0 Å². The molecule has 2 aromatic carbocycles. The first-order chi connectivity index (χ1) is 9.47. The van der Waals surface area contributed by atoms with Gasteiger partial charge < -0.3 is 10.5 Å². The van der Waals surface area contributed by atoms with E-state index in [9.17, 15) is 8.78 Å². The van der Waals surface area contributed by atoms with E-state index in [1.54, 1.807) is 13.0 Å². The Labute approximate surface area is 121 Å². The summed E-state index contributed by atoms with van der Waals surface area (Å²) in [6, 6.07) is 7.85. The maximum Gasteiger partial charge on any atom is 0.127 e. The van der Waals surface area contributed by atoms with Crippen LogP contribution in [0.2, 0.25) is 5.02 Å². The van der Waals surface area contributed by atoms with E-state index in [4.69, 9.17) is 22.1 Å². The fourth-order valence-corrected chi connectivity index (χ4v) is 1.99. The van der Waals surface area contributed by atoms with Crippen LogP contribution in [0, 0.1) is 11.6 Å². The Balaban J connectivity index is 2.22. The fraction of sp³-hybridized carbons (Fsp3) is 0.200. The van der Waals surface area contributed by atoms with E-state index >= 15 is 0 Å². The van der Waals surface area contributed by atoms with Crippen molar-refractivity contribution in [1.29, 1.82) is 0 Å². The van der Waals surface area contributed by atoms with Crippen LogP contribution in [-0.2, 0) is 6.61 Å². The summed E-state index contributed by atoms with van der Waals surface area (Å²) in [7, 11) is 0. The number of hydrogen-bond donors (Lipinski definition) is 1. The number of benzene rings is 2. The van der Waals surface area contributed by atoms with Crippen LogP contribution in [0.5, 0.6) is 5.75 Å². The third-order valence-corrected chi connectivity index (χ3v) is 3.23. The van der Waals surface area contributed by atoms with Gasteiger partial charge in [0.1, 0.15) is 24.0 Å². The third-order valence-electron chi connectivity index (χ3n) is 2.86. The summed E-state index contributed by atoms with van der Waals surface area (Å²) in [6.07, 6.45) is 0. The van der Waals surface area contributed by atoms with Crippen molar-refractivity contribution >= 4 is 11.6 Å². The molecular weight excluding hydrogens is 284 g/mol. The molecule has 0 heterocycles. The normalized spacial score (nSPS) is 12.2. The van der Waals surface area contributed by atoms with Gasteiger partial charge in [0.2, 0.25) is 0 Å². The van der Waals surface area contributed by atoms with Gasteiger partial charge in [-0.05, 0) is 31.2 Å². The van der Waals surface area contributed by atoms with Crippen LogP contribution in [0.1, 0.15) is 24.1 Å². The molecule has 0 spiro atoms. The Kier molecular flexibility index (Phi) is 4.57. The SMILES string of the molecule is CC(N)c1ccc(F)cc1OCc1cc(F)ccc1Cl. The first-order valence-corrected chi connectivity index (χ1v) is 6.47. The highest BCUT2D eigenvalue weighted by Gasteiger charge is 2.11. The zero-order chi connectivity index (χ0) is 14.7. The van der Waals surface area contributed by atoms with Gasteiger partial charge in [0.15, 0.2) is 0 Å². The van der Waals surface area contributed by atoms with Crippen LogP contribution in [0.4, 0.5) is 8.78 Å². The largest absolute Gasteiger partial charge is 0.488 e. The molecule has 0 aliphatic carbocycles. The van der Waals surface area contributed by atoms with E-state index in [0.29, 0.717) is 21.9 Å². The van der Waals surface area contributed by atoms with Crippen molar-refractivity contribution in [3.05, 3.63) is 64.2 Å². The van der Waals surface area contributed by atoms with E-state index in [0.717, 1.165) is 0 Å². The molecule has 2 aromatic rings. The Morgan fingerprint density at radius 3 is 2.50 bits per heavy atom. The van der Waals surface area contributed by atoms with Crippen LogP contribution >= 0.6 is 11.6 Å². The van der Waals surface area contributed by atoms with Gasteiger partial charge in [-0.3, -0.25) is 0 Å². The molecule has 0 aliphatic rings. The van der Waals surface area contributed by atoms with Gasteiger partial charge >= 0.3 is 0 Å². The van der Waals surface area contributed by atoms with Crippen LogP contribution in [-0.4, -0.2) is 0 Å². The highest BCUT2D eigenvalue weighted by atomic mass is 35.5. The highest BCUT2D eigenvalue weighted by molar-refractivity contribution is 6.31. The summed E-state index contributed by atoms with van der Waals surface area (Å²) in [6.45, 7) is 1.81. The van der Waals surface area contributed by atoms with E-state index in [-0.39, 0.29) is 12.6 Å². The van der Waals surface area contributed by atoms with Crippen LogP contribution in [0.25, 0.3) is 0 Å². The van der Waals surface area contributed by atoms with E-state index < -0.39 is 11.6 Å². The van der Waals surface area contributed by atoms with Crippen molar-refractivity contribution in [3.63, 3.8) is 0 Å². The zero-order valence-corrected chi connectivity index (χ0v) is 11.6. The van der Waals surface area contributed by atoms with Crippen molar-refractivity contribution in [2.24, 2.45) is 5.73 Å². The Morgan fingerprint density at radius 1 is 1.15 bits per heavy atom. The lowest BCUT2D eigenvalue weighted by molar-refractivity contribution is 0.299. The van der Waals surface area contributed by atoms with Gasteiger partial charge in [-0.15, -0.1) is 0 Å². The number of hydrogen-bond acceptors (Lipinski definition) is 2. The first-order valence-electron chi connectivity index (χ1n) is 6.09. The zero-order valence-electron chi connectivity index (χ0n) is 10.9. The summed E-state index contributed by atoms with van der Waals surface area (Å²) in [5.74, 6) is -0.491. The molecule has 0 fully saturated rings. The summed E-state index contributed by atoms with van der Waals surface area (Å²) in [4.78, 5) is 0. The molecule has 0 aliphatic heterocycles. The standard InChI is InChI=1S/C15H14ClF2NO/c1-9(19)13-4-2-12(18)7-15(13)20-8-10-6-11(17)3-5-14(10)16/h2-7,9H,8,19H2,1H3. The Morgan fingerprint density at radius 2 is 1.80 bits per heavy atom. The molecule has 106 valence electrons. The summed E-state index contributed by atoms with van der Waals surface area (Å²) in [5.41, 5.74) is 6.97. The smallest absolute Gasteiger partial charge is 0.127 e. The number of halogens is 3. The third kappa shape index (κ3) is 3.46. The molecule has 1 atom stereocenters. The molecule has 0 radical (unpaired) electrons. The highest BCUT2D eigenvalue weighted by Crippen LogP contribution is 2.27. The van der Waals surface area contributed by atoms with Crippen molar-refractivity contribution in [2.75, 3.05) is 0 Å². The minimum atomic E-state index is -0.422. The minimum Gasteiger partial charge on any atom is -0.488 e. The lowest BCUT2D eigenvalue weighted by Gasteiger charge is -2.14. The van der Waals surface area contributed by atoms with Gasteiger partial charge in [-0.1, -0.05) is 17.7 Å². The average molecular weight is 298 g/mol. The predicted molar refractivity (Wildman–Crippen MR) is 74.7 cm³/mol. The van der Waals surface area contributed by atoms with Crippen molar-refractivity contribution in [1.82, 2.24) is 0 Å². The predicted octanol–water partition coefficient (Wildman–Crippen LogP) is 4.22. The molecule has 1 unspecified atom stereocenters. The molecule has 0 saturated heterocycles. The number of nitrogens with two attached hydrogens (primary N) is 1. The quantitative estimate of drug-likeness (QED) is 0.917. The molecule has 0 bridgehead atoms. The van der Waals surface area contributed by atoms with Crippen LogP contribution < -0.4 is 10.5 Å². The lowest BCUT2D eigenvalue weighted by Crippen LogP contribution is -2.08. The molecule has 0 saturated carbocycles. The molecule has 0 aromatic heterocycles. The van der Waals surface area contributed by atoms with Gasteiger partial charge in [-0.25, -0.2) is 8.78 Å². The van der Waals surface area contributed by atoms with E-state index in [2.05, 4.69) is 0 Å². The molecular formula is C15H14ClF2NO. The van der Waals surface area contributed by atoms with Crippen LogP contribution in [0.3, 0.4) is 0 Å². The van der Waals surface area contributed by atoms with Crippen molar-refractivity contribution in [2.45, 2.75) is 19.6 Å². The molecule has 0 amide bonds. The lowest BCUT2D eigenvalue weighted by atomic mass is 10.1. The second kappa shape index (κ2) is 6.20. The first kappa shape index (κ1) is 14.8. The van der Waals surface area contributed by atoms with Crippen molar-refractivity contribution in [3.8, 4) is 5.75 Å². The molecule has 2 rings (SSSR count). The molecule has 5 heteroatoms. The molecule has 2 nitrogen and oxygen atoms in total. The summed E-state index contributed by atoms with van der Waals surface area (Å²) in [5, 5.41) is 0.394. The number of rotatable bonds is 4. The minimum absolute atomic E-state index is 0.0414. The number of ether oxygens (including phenoxy) is 1. The monoisotopic (exact) mass is 297 g/mol. The van der Waals surface area contributed by atoms with E-state index in [1.807, 2.05) is 0 Å². The maximum atomic E-state index is 13.3. The summed E-state index contributed by atoms with van der Waals surface area (Å²) >= 11 is 5.95. The van der Waals surface area contributed by atoms with Gasteiger partial charge in [0.05, 0.1) is 0 Å².